The summed E-state index contributed by atoms with van der Waals surface area (Å²) in [4.78, 5) is 4.48. The number of aliphatic imine (C=N–C) groups is 1. The molecule has 0 aromatic heterocycles. The number of hydrogen-bond acceptors (Lipinski definition) is 3. The van der Waals surface area contributed by atoms with Gasteiger partial charge in [-0.05, 0) is 31.0 Å². The Morgan fingerprint density at radius 3 is 3.00 bits per heavy atom. The molecule has 0 radical (unpaired) electrons. The molecule has 1 heterocycles. The molecule has 1 aromatic carbocycles. The molecule has 1 N–H and O–H groups in total. The van der Waals surface area contributed by atoms with Gasteiger partial charge >= 0.3 is 0 Å². The van der Waals surface area contributed by atoms with E-state index < -0.39 is 0 Å². The van der Waals surface area contributed by atoms with Crippen LogP contribution in [0.2, 0.25) is 5.02 Å². The van der Waals surface area contributed by atoms with Crippen molar-refractivity contribution in [3.8, 4) is 6.07 Å². The molecule has 1 aliphatic rings. The van der Waals surface area contributed by atoms with E-state index in [4.69, 9.17) is 16.9 Å². The quantitative estimate of drug-likeness (QED) is 0.824. The lowest BCUT2D eigenvalue weighted by Crippen LogP contribution is -2.12. The van der Waals surface area contributed by atoms with Crippen LogP contribution in [0.3, 0.4) is 0 Å². The molecule has 0 amide bonds. The maximum absolute atomic E-state index is 8.85. The lowest BCUT2D eigenvalue weighted by atomic mass is 10.2. The molecule has 0 fully saturated rings. The van der Waals surface area contributed by atoms with Crippen LogP contribution in [0.5, 0.6) is 0 Å². The first-order valence-corrected chi connectivity index (χ1v) is 6.17. The molecular weight excluding hydrogens is 234 g/mol. The van der Waals surface area contributed by atoms with E-state index in [9.17, 15) is 0 Å². The van der Waals surface area contributed by atoms with Crippen molar-refractivity contribution in [2.75, 3.05) is 11.9 Å². The van der Waals surface area contributed by atoms with Gasteiger partial charge < -0.3 is 5.32 Å². The van der Waals surface area contributed by atoms with Gasteiger partial charge in [0.05, 0.1) is 22.3 Å². The van der Waals surface area contributed by atoms with Gasteiger partial charge in [0.15, 0.2) is 0 Å². The summed E-state index contributed by atoms with van der Waals surface area (Å²) >= 11 is 6.09. The number of nitrogens with one attached hydrogen (secondary N) is 1. The minimum absolute atomic E-state index is 0.603. The van der Waals surface area contributed by atoms with Crippen LogP contribution in [0, 0.1) is 11.3 Å². The van der Waals surface area contributed by atoms with E-state index >= 15 is 0 Å². The van der Waals surface area contributed by atoms with Crippen molar-refractivity contribution in [1.82, 2.24) is 0 Å². The summed E-state index contributed by atoms with van der Waals surface area (Å²) in [5.74, 6) is 0.972. The van der Waals surface area contributed by atoms with E-state index in [1.807, 2.05) is 0 Å². The monoisotopic (exact) mass is 247 g/mol. The maximum Gasteiger partial charge on any atom is 0.101 e. The third-order valence-electron chi connectivity index (χ3n) is 2.75. The molecule has 0 saturated carbocycles. The van der Waals surface area contributed by atoms with Gasteiger partial charge in [-0.3, -0.25) is 4.99 Å². The second-order valence-electron chi connectivity index (χ2n) is 4.07. The molecule has 88 valence electrons. The normalized spacial score (nSPS) is 15.6. The maximum atomic E-state index is 8.85. The molecule has 1 aliphatic heterocycles. The Hall–Kier alpha value is -1.53. The Morgan fingerprint density at radius 2 is 2.18 bits per heavy atom. The van der Waals surface area contributed by atoms with Gasteiger partial charge in [-0.15, -0.1) is 0 Å². The first kappa shape index (κ1) is 11.9. The molecule has 0 unspecified atom stereocenters. The highest BCUT2D eigenvalue weighted by molar-refractivity contribution is 6.33. The van der Waals surface area contributed by atoms with Crippen LogP contribution in [-0.4, -0.2) is 12.4 Å². The fourth-order valence-electron chi connectivity index (χ4n) is 1.82. The van der Waals surface area contributed by atoms with Gasteiger partial charge in [0.1, 0.15) is 5.84 Å². The van der Waals surface area contributed by atoms with Crippen molar-refractivity contribution in [1.29, 1.82) is 5.26 Å². The predicted octanol–water partition coefficient (Wildman–Crippen LogP) is 3.60. The molecule has 0 saturated heterocycles. The highest BCUT2D eigenvalue weighted by atomic mass is 35.5. The Balaban J connectivity index is 2.17. The van der Waals surface area contributed by atoms with Crippen LogP contribution in [0.1, 0.15) is 31.2 Å². The molecule has 4 heteroatoms. The summed E-state index contributed by atoms with van der Waals surface area (Å²) in [6.45, 7) is 0.873. The van der Waals surface area contributed by atoms with E-state index in [1.54, 1.807) is 18.2 Å². The molecule has 0 spiro atoms. The number of amidine groups is 1. The zero-order chi connectivity index (χ0) is 12.1. The zero-order valence-electron chi connectivity index (χ0n) is 9.54. The average molecular weight is 248 g/mol. The van der Waals surface area contributed by atoms with Gasteiger partial charge in [0.25, 0.3) is 0 Å². The zero-order valence-corrected chi connectivity index (χ0v) is 10.3. The summed E-state index contributed by atoms with van der Waals surface area (Å²) in [5.41, 5.74) is 1.37. The number of rotatable bonds is 1. The number of hydrogen-bond donors (Lipinski definition) is 1. The van der Waals surface area contributed by atoms with Crippen LogP contribution >= 0.6 is 11.6 Å². The summed E-state index contributed by atoms with van der Waals surface area (Å²) in [7, 11) is 0. The number of halogens is 1. The Morgan fingerprint density at radius 1 is 1.29 bits per heavy atom. The molecule has 2 rings (SSSR count). The highest BCUT2D eigenvalue weighted by Gasteiger charge is 2.07. The molecule has 3 nitrogen and oxygen atoms in total. The fourth-order valence-corrected chi connectivity index (χ4v) is 1.99. The minimum atomic E-state index is 0.603. The van der Waals surface area contributed by atoms with Crippen LogP contribution in [0.15, 0.2) is 23.2 Å². The minimum Gasteiger partial charge on any atom is -0.343 e. The van der Waals surface area contributed by atoms with Gasteiger partial charge in [-0.1, -0.05) is 18.0 Å². The van der Waals surface area contributed by atoms with Crippen molar-refractivity contribution < 1.29 is 0 Å². The SMILES string of the molecule is N#Cc1ccc(Cl)c(NC2=NCCCCC2)c1. The largest absolute Gasteiger partial charge is 0.343 e. The molecule has 0 bridgehead atoms. The van der Waals surface area contributed by atoms with Gasteiger partial charge in [0, 0.05) is 13.0 Å². The van der Waals surface area contributed by atoms with Gasteiger partial charge in [0.2, 0.25) is 0 Å². The fraction of sp³-hybridized carbons (Fsp3) is 0.385. The predicted molar refractivity (Wildman–Crippen MR) is 70.6 cm³/mol. The Labute approximate surface area is 106 Å². The summed E-state index contributed by atoms with van der Waals surface area (Å²) in [6, 6.07) is 7.31. The average Bonchev–Trinajstić information content (AvgIpc) is 2.60. The molecular formula is C13H14ClN3. The van der Waals surface area contributed by atoms with E-state index in [0.29, 0.717) is 10.6 Å². The summed E-state index contributed by atoms with van der Waals surface area (Å²) in [5, 5.41) is 12.7. The lowest BCUT2D eigenvalue weighted by molar-refractivity contribution is 0.731. The second-order valence-corrected chi connectivity index (χ2v) is 4.48. The first-order chi connectivity index (χ1) is 8.29. The van der Waals surface area contributed by atoms with Crippen molar-refractivity contribution >= 4 is 23.1 Å². The standard InChI is InChI=1S/C13H14ClN3/c14-11-6-5-10(9-15)8-12(11)17-13-4-2-1-3-7-16-13/h5-6,8H,1-4,7H2,(H,16,17). The molecule has 0 aliphatic carbocycles. The van der Waals surface area contributed by atoms with E-state index in [0.717, 1.165) is 37.3 Å². The van der Waals surface area contributed by atoms with E-state index in [2.05, 4.69) is 16.4 Å². The molecule has 17 heavy (non-hydrogen) atoms. The van der Waals surface area contributed by atoms with Crippen LogP contribution in [0.25, 0.3) is 0 Å². The van der Waals surface area contributed by atoms with Crippen molar-refractivity contribution in [3.63, 3.8) is 0 Å². The smallest absolute Gasteiger partial charge is 0.101 e. The summed E-state index contributed by atoms with van der Waals surface area (Å²) < 4.78 is 0. The van der Waals surface area contributed by atoms with Crippen molar-refractivity contribution in [2.24, 2.45) is 4.99 Å². The topological polar surface area (TPSA) is 48.2 Å². The number of nitrogens with zero attached hydrogens (tertiary/aromatic N) is 2. The van der Waals surface area contributed by atoms with E-state index in [1.165, 1.54) is 6.42 Å². The molecule has 1 aromatic rings. The second kappa shape index (κ2) is 5.70. The highest BCUT2D eigenvalue weighted by Crippen LogP contribution is 2.23. The van der Waals surface area contributed by atoms with Crippen LogP contribution in [0.4, 0.5) is 5.69 Å². The van der Waals surface area contributed by atoms with Gasteiger partial charge in [-0.2, -0.15) is 5.26 Å². The number of benzene rings is 1. The van der Waals surface area contributed by atoms with Crippen molar-refractivity contribution in [2.45, 2.75) is 25.7 Å². The van der Waals surface area contributed by atoms with E-state index in [-0.39, 0.29) is 0 Å². The third-order valence-corrected chi connectivity index (χ3v) is 3.08. The Bertz CT molecular complexity index is 474. The third kappa shape index (κ3) is 3.21. The number of nitriles is 1. The van der Waals surface area contributed by atoms with Crippen LogP contribution < -0.4 is 5.32 Å². The van der Waals surface area contributed by atoms with Gasteiger partial charge in [-0.25, -0.2) is 0 Å². The Kier molecular flexibility index (Phi) is 4.00. The molecule has 0 atom stereocenters. The van der Waals surface area contributed by atoms with Crippen molar-refractivity contribution in [3.05, 3.63) is 28.8 Å². The lowest BCUT2D eigenvalue weighted by Gasteiger charge is -2.10. The van der Waals surface area contributed by atoms with Crippen LogP contribution in [-0.2, 0) is 0 Å². The summed E-state index contributed by atoms with van der Waals surface area (Å²) in [6.07, 6.45) is 4.48. The number of anilines is 1. The first-order valence-electron chi connectivity index (χ1n) is 5.79.